The topological polar surface area (TPSA) is 64.3 Å². The van der Waals surface area contributed by atoms with Crippen molar-refractivity contribution in [1.29, 1.82) is 0 Å². The van der Waals surface area contributed by atoms with E-state index in [2.05, 4.69) is 4.98 Å². The molecule has 1 N–H and O–H groups in total. The van der Waals surface area contributed by atoms with Gasteiger partial charge in [0.25, 0.3) is 6.01 Å². The fourth-order valence-electron chi connectivity index (χ4n) is 2.13. The van der Waals surface area contributed by atoms with E-state index < -0.39 is 5.97 Å². The second-order valence-corrected chi connectivity index (χ2v) is 5.31. The molecule has 19 heavy (non-hydrogen) atoms. The number of aromatic carboxylic acids is 1. The molecule has 5 heteroatoms. The summed E-state index contributed by atoms with van der Waals surface area (Å²) in [6, 6.07) is 5.54. The van der Waals surface area contributed by atoms with Crippen LogP contribution in [0.1, 0.15) is 38.1 Å². The minimum absolute atomic E-state index is 0.242. The summed E-state index contributed by atoms with van der Waals surface area (Å²) in [5.41, 5.74) is 1.17. The van der Waals surface area contributed by atoms with Gasteiger partial charge in [-0.25, -0.2) is 4.79 Å². The number of benzene rings is 1. The number of imidazole rings is 1. The van der Waals surface area contributed by atoms with E-state index in [9.17, 15) is 9.90 Å². The number of rotatable bonds is 3. The van der Waals surface area contributed by atoms with Crippen molar-refractivity contribution >= 4 is 17.0 Å². The van der Waals surface area contributed by atoms with Crippen LogP contribution in [0.2, 0.25) is 0 Å². The van der Waals surface area contributed by atoms with Gasteiger partial charge in [-0.3, -0.25) is 4.57 Å². The Kier molecular flexibility index (Phi) is 3.22. The first-order chi connectivity index (χ1) is 8.86. The van der Waals surface area contributed by atoms with Crippen molar-refractivity contribution in [2.24, 2.45) is 0 Å². The molecule has 1 aromatic heterocycles. The third kappa shape index (κ3) is 2.28. The number of fused-ring (bicyclic) bond motifs is 1. The highest BCUT2D eigenvalue weighted by Gasteiger charge is 2.25. The maximum atomic E-state index is 11.4. The maximum Gasteiger partial charge on any atom is 0.337 e. The predicted molar refractivity (Wildman–Crippen MR) is 72.9 cm³/mol. The molecule has 0 atom stereocenters. The first kappa shape index (κ1) is 13.4. The van der Waals surface area contributed by atoms with Gasteiger partial charge in [-0.15, -0.1) is 0 Å². The van der Waals surface area contributed by atoms with Crippen LogP contribution in [-0.4, -0.2) is 27.2 Å². The number of carboxylic acid groups (broad SMARTS) is 1. The molecule has 0 bridgehead atoms. The number of nitrogens with zero attached hydrogens (tertiary/aromatic N) is 2. The maximum absolute atomic E-state index is 11.4. The number of para-hydroxylation sites is 1. The monoisotopic (exact) mass is 262 g/mol. The van der Waals surface area contributed by atoms with E-state index in [-0.39, 0.29) is 11.1 Å². The molecule has 0 spiro atoms. The summed E-state index contributed by atoms with van der Waals surface area (Å²) in [6.07, 6.45) is 0. The Bertz CT molecular complexity index is 623. The van der Waals surface area contributed by atoms with Crippen molar-refractivity contribution in [2.45, 2.75) is 33.2 Å². The van der Waals surface area contributed by atoms with Crippen LogP contribution in [0.3, 0.4) is 0 Å². The number of hydrogen-bond acceptors (Lipinski definition) is 3. The van der Waals surface area contributed by atoms with Crippen molar-refractivity contribution in [3.8, 4) is 6.01 Å². The average molecular weight is 262 g/mol. The summed E-state index contributed by atoms with van der Waals surface area (Å²) < 4.78 is 7.38. The summed E-state index contributed by atoms with van der Waals surface area (Å²) in [4.78, 5) is 15.8. The number of carbonyl (C=O) groups is 1. The molecule has 0 saturated heterocycles. The van der Waals surface area contributed by atoms with Crippen molar-refractivity contribution in [3.05, 3.63) is 23.8 Å². The lowest BCUT2D eigenvalue weighted by Crippen LogP contribution is -2.23. The molecule has 102 valence electrons. The second-order valence-electron chi connectivity index (χ2n) is 5.31. The predicted octanol–water partition coefficient (Wildman–Crippen LogP) is 2.89. The van der Waals surface area contributed by atoms with E-state index in [0.29, 0.717) is 23.7 Å². The molecule has 0 amide bonds. The fraction of sp³-hybridized carbons (Fsp3) is 0.429. The third-order valence-electron chi connectivity index (χ3n) is 2.82. The number of carboxylic acids is 1. The molecular weight excluding hydrogens is 244 g/mol. The third-order valence-corrected chi connectivity index (χ3v) is 2.82. The normalized spacial score (nSPS) is 11.8. The van der Waals surface area contributed by atoms with Crippen LogP contribution in [0.15, 0.2) is 18.2 Å². The highest BCUT2D eigenvalue weighted by molar-refractivity contribution is 6.01. The van der Waals surface area contributed by atoms with Gasteiger partial charge >= 0.3 is 5.97 Å². The van der Waals surface area contributed by atoms with Gasteiger partial charge in [-0.1, -0.05) is 6.07 Å². The van der Waals surface area contributed by atoms with Crippen LogP contribution in [0.25, 0.3) is 11.0 Å². The molecule has 0 aliphatic rings. The molecule has 0 unspecified atom stereocenters. The van der Waals surface area contributed by atoms with Crippen LogP contribution in [0.5, 0.6) is 6.01 Å². The molecule has 2 aromatic rings. The van der Waals surface area contributed by atoms with E-state index >= 15 is 0 Å². The zero-order valence-electron chi connectivity index (χ0n) is 11.6. The van der Waals surface area contributed by atoms with Crippen LogP contribution in [0.4, 0.5) is 0 Å². The van der Waals surface area contributed by atoms with Gasteiger partial charge in [0.05, 0.1) is 23.2 Å². The van der Waals surface area contributed by atoms with Crippen molar-refractivity contribution < 1.29 is 14.6 Å². The van der Waals surface area contributed by atoms with Crippen molar-refractivity contribution in [1.82, 2.24) is 9.55 Å². The molecule has 0 aliphatic heterocycles. The van der Waals surface area contributed by atoms with Gasteiger partial charge in [0.1, 0.15) is 0 Å². The Morgan fingerprint density at radius 1 is 1.42 bits per heavy atom. The first-order valence-corrected chi connectivity index (χ1v) is 6.24. The van der Waals surface area contributed by atoms with E-state index in [1.54, 1.807) is 18.2 Å². The van der Waals surface area contributed by atoms with Crippen LogP contribution in [-0.2, 0) is 5.54 Å². The van der Waals surface area contributed by atoms with Crippen LogP contribution >= 0.6 is 0 Å². The Morgan fingerprint density at radius 2 is 2.11 bits per heavy atom. The van der Waals surface area contributed by atoms with Crippen molar-refractivity contribution in [3.63, 3.8) is 0 Å². The lowest BCUT2D eigenvalue weighted by molar-refractivity contribution is 0.0698. The molecule has 0 radical (unpaired) electrons. The summed E-state index contributed by atoms with van der Waals surface area (Å²) in [5.74, 6) is -0.959. The minimum atomic E-state index is -0.959. The lowest BCUT2D eigenvalue weighted by atomic mass is 10.1. The van der Waals surface area contributed by atoms with Gasteiger partial charge in [0.15, 0.2) is 0 Å². The minimum Gasteiger partial charge on any atom is -0.478 e. The van der Waals surface area contributed by atoms with Crippen LogP contribution < -0.4 is 4.74 Å². The SMILES string of the molecule is CCOc1nc2cccc(C(=O)O)c2n1C(C)(C)C. The van der Waals surface area contributed by atoms with Gasteiger partial charge in [-0.2, -0.15) is 4.98 Å². The van der Waals surface area contributed by atoms with E-state index in [4.69, 9.17) is 4.74 Å². The van der Waals surface area contributed by atoms with Crippen molar-refractivity contribution in [2.75, 3.05) is 6.61 Å². The number of ether oxygens (including phenoxy) is 1. The van der Waals surface area contributed by atoms with Gasteiger partial charge in [0.2, 0.25) is 0 Å². The first-order valence-electron chi connectivity index (χ1n) is 6.24. The summed E-state index contributed by atoms with van der Waals surface area (Å²) >= 11 is 0. The molecule has 5 nitrogen and oxygen atoms in total. The molecular formula is C14H18N2O3. The van der Waals surface area contributed by atoms with Gasteiger partial charge in [0, 0.05) is 5.54 Å². The molecule has 0 fully saturated rings. The Hall–Kier alpha value is -2.04. The Balaban J connectivity index is 2.85. The molecule has 0 aliphatic carbocycles. The standard InChI is InChI=1S/C14H18N2O3/c1-5-19-13-15-10-8-6-7-9(12(17)18)11(10)16(13)14(2,3)4/h6-8H,5H2,1-4H3,(H,17,18). The quantitative estimate of drug-likeness (QED) is 0.923. The van der Waals surface area contributed by atoms with E-state index in [1.165, 1.54) is 0 Å². The lowest BCUT2D eigenvalue weighted by Gasteiger charge is -2.24. The van der Waals surface area contributed by atoms with E-state index in [0.717, 1.165) is 0 Å². The van der Waals surface area contributed by atoms with Crippen LogP contribution in [0, 0.1) is 0 Å². The zero-order chi connectivity index (χ0) is 14.2. The smallest absolute Gasteiger partial charge is 0.337 e. The van der Waals surface area contributed by atoms with E-state index in [1.807, 2.05) is 32.3 Å². The summed E-state index contributed by atoms with van der Waals surface area (Å²) in [6.45, 7) is 8.35. The molecule has 1 aromatic carbocycles. The Labute approximate surface area is 111 Å². The molecule has 0 saturated carbocycles. The highest BCUT2D eigenvalue weighted by atomic mass is 16.5. The zero-order valence-corrected chi connectivity index (χ0v) is 11.6. The van der Waals surface area contributed by atoms with Gasteiger partial charge in [-0.05, 0) is 39.8 Å². The number of hydrogen-bond donors (Lipinski definition) is 1. The largest absolute Gasteiger partial charge is 0.478 e. The summed E-state index contributed by atoms with van der Waals surface area (Å²) in [7, 11) is 0. The summed E-state index contributed by atoms with van der Waals surface area (Å²) in [5, 5.41) is 9.33. The molecule has 2 rings (SSSR count). The number of aromatic nitrogens is 2. The Morgan fingerprint density at radius 3 is 2.63 bits per heavy atom. The molecule has 1 heterocycles. The second kappa shape index (κ2) is 4.57. The fourth-order valence-corrected chi connectivity index (χ4v) is 2.13. The average Bonchev–Trinajstić information content (AvgIpc) is 2.66. The van der Waals surface area contributed by atoms with Gasteiger partial charge < -0.3 is 9.84 Å². The highest BCUT2D eigenvalue weighted by Crippen LogP contribution is 2.31.